The molecule has 0 aliphatic carbocycles. The number of carbonyl (C=O) groups is 2. The molecule has 0 bridgehead atoms. The molecule has 3 rings (SSSR count). The van der Waals surface area contributed by atoms with Crippen molar-refractivity contribution in [3.63, 3.8) is 0 Å². The van der Waals surface area contributed by atoms with Gasteiger partial charge in [0.1, 0.15) is 12.1 Å². The molecule has 1 saturated heterocycles. The van der Waals surface area contributed by atoms with Gasteiger partial charge in [0.25, 0.3) is 0 Å². The van der Waals surface area contributed by atoms with Gasteiger partial charge in [-0.05, 0) is 12.8 Å². The average Bonchev–Trinajstić information content (AvgIpc) is 3.14. The van der Waals surface area contributed by atoms with Crippen molar-refractivity contribution in [2.45, 2.75) is 46.0 Å². The number of aliphatic carboxylic acids is 1. The Morgan fingerprint density at radius 3 is 2.47 bits per heavy atom. The van der Waals surface area contributed by atoms with Crippen molar-refractivity contribution < 1.29 is 19.4 Å². The zero-order valence-electron chi connectivity index (χ0n) is 19.6. The molecule has 2 aromatic heterocycles. The summed E-state index contributed by atoms with van der Waals surface area (Å²) in [6, 6.07) is 0. The van der Waals surface area contributed by atoms with Crippen molar-refractivity contribution >= 4 is 29.5 Å². The molecule has 0 saturated carbocycles. The van der Waals surface area contributed by atoms with Crippen LogP contribution in [0.5, 0.6) is 0 Å². The highest BCUT2D eigenvalue weighted by atomic mass is 16.5. The molecule has 0 spiro atoms. The van der Waals surface area contributed by atoms with Crippen LogP contribution in [0.1, 0.15) is 57.5 Å². The van der Waals surface area contributed by atoms with Crippen molar-refractivity contribution in [2.24, 2.45) is 12.5 Å². The monoisotopic (exact) mass is 471 g/mol. The predicted molar refractivity (Wildman–Crippen MR) is 122 cm³/mol. The number of anilines is 1. The van der Waals surface area contributed by atoms with Crippen molar-refractivity contribution in [2.75, 3.05) is 18.8 Å². The van der Waals surface area contributed by atoms with Gasteiger partial charge < -0.3 is 20.5 Å². The number of piperidine rings is 1. The molecule has 1 fully saturated rings. The highest BCUT2D eigenvalue weighted by Gasteiger charge is 2.28. The van der Waals surface area contributed by atoms with Crippen molar-refractivity contribution in [1.82, 2.24) is 29.6 Å². The van der Waals surface area contributed by atoms with E-state index < -0.39 is 23.7 Å². The number of carboxylic acids is 1. The lowest BCUT2D eigenvalue weighted by molar-refractivity contribution is -0.144. The van der Waals surface area contributed by atoms with Crippen LogP contribution in [-0.2, 0) is 21.4 Å². The van der Waals surface area contributed by atoms with Gasteiger partial charge >= 0.3 is 5.97 Å². The maximum atomic E-state index is 12.0. The number of carboxylic acid groups (broad SMARTS) is 1. The number of hydrogen-bond acceptors (Lipinski definition) is 10. The van der Waals surface area contributed by atoms with Gasteiger partial charge in [-0.15, -0.1) is 0 Å². The molecule has 0 aromatic carbocycles. The first-order chi connectivity index (χ1) is 15.9. The predicted octanol–water partition coefficient (Wildman–Crippen LogP) is 1.40. The zero-order chi connectivity index (χ0) is 25.2. The molecule has 1 aliphatic heterocycles. The Hall–Kier alpha value is -3.90. The number of aromatic nitrogens is 5. The van der Waals surface area contributed by atoms with Crippen LogP contribution in [0.25, 0.3) is 11.5 Å². The number of carbonyl (C=O) groups excluding carboxylic acids is 1. The largest absolute Gasteiger partial charge is 0.481 e. The van der Waals surface area contributed by atoms with Crippen molar-refractivity contribution in [1.29, 1.82) is 10.8 Å². The van der Waals surface area contributed by atoms with E-state index in [4.69, 9.17) is 26.4 Å². The van der Waals surface area contributed by atoms with Crippen LogP contribution in [-0.4, -0.2) is 71.5 Å². The number of nitrogen functional groups attached to an aromatic ring is 1. The first-order valence-corrected chi connectivity index (χ1v) is 10.8. The SMILES string of the molecule is Cn1nc(C2CCN(C(=O)CC(=O)O)CC2)nc1-c1cnc(N)c(C(=N)OC(=N)C(C)(C)C)n1. The lowest BCUT2D eigenvalue weighted by Gasteiger charge is -2.30. The van der Waals surface area contributed by atoms with Gasteiger partial charge in [0.2, 0.25) is 11.8 Å². The summed E-state index contributed by atoms with van der Waals surface area (Å²) < 4.78 is 6.89. The van der Waals surface area contributed by atoms with Crippen LogP contribution in [0.15, 0.2) is 6.20 Å². The third-order valence-corrected chi connectivity index (χ3v) is 5.42. The highest BCUT2D eigenvalue weighted by Crippen LogP contribution is 2.28. The molecule has 0 unspecified atom stereocenters. The molecule has 3 heterocycles. The van der Waals surface area contributed by atoms with Crippen LogP contribution in [0, 0.1) is 16.2 Å². The first kappa shape index (κ1) is 24.7. The van der Waals surface area contributed by atoms with E-state index in [-0.39, 0.29) is 29.2 Å². The van der Waals surface area contributed by atoms with E-state index in [1.165, 1.54) is 6.20 Å². The van der Waals surface area contributed by atoms with Gasteiger partial charge in [-0.2, -0.15) is 5.10 Å². The van der Waals surface area contributed by atoms with Gasteiger partial charge in [0.15, 0.2) is 29.1 Å². The minimum absolute atomic E-state index is 0.00120. The van der Waals surface area contributed by atoms with E-state index in [2.05, 4.69) is 20.1 Å². The molecule has 0 radical (unpaired) electrons. The van der Waals surface area contributed by atoms with E-state index in [9.17, 15) is 9.59 Å². The van der Waals surface area contributed by atoms with Crippen LogP contribution < -0.4 is 5.73 Å². The number of nitrogens with zero attached hydrogens (tertiary/aromatic N) is 6. The van der Waals surface area contributed by atoms with Crippen molar-refractivity contribution in [3.05, 3.63) is 17.7 Å². The summed E-state index contributed by atoms with van der Waals surface area (Å²) in [5.74, 6) is -1.00. The Labute approximate surface area is 196 Å². The third-order valence-electron chi connectivity index (χ3n) is 5.42. The fourth-order valence-corrected chi connectivity index (χ4v) is 3.41. The number of likely N-dealkylation sites (tertiary alicyclic amines) is 1. The number of amides is 1. The molecule has 1 aliphatic rings. The van der Waals surface area contributed by atoms with E-state index in [1.54, 1.807) is 37.4 Å². The molecule has 13 nitrogen and oxygen atoms in total. The lowest BCUT2D eigenvalue weighted by atomic mass is 9.96. The summed E-state index contributed by atoms with van der Waals surface area (Å²) in [5, 5.41) is 29.5. The normalized spacial score (nSPS) is 14.6. The molecule has 5 N–H and O–H groups in total. The van der Waals surface area contributed by atoms with Crippen LogP contribution in [0.3, 0.4) is 0 Å². The minimum Gasteiger partial charge on any atom is -0.481 e. The van der Waals surface area contributed by atoms with Crippen molar-refractivity contribution in [3.8, 4) is 11.5 Å². The highest BCUT2D eigenvalue weighted by molar-refractivity contribution is 6.01. The summed E-state index contributed by atoms with van der Waals surface area (Å²) in [7, 11) is 1.71. The Balaban J connectivity index is 1.76. The molecule has 13 heteroatoms. The molecule has 2 aromatic rings. The fourth-order valence-electron chi connectivity index (χ4n) is 3.41. The zero-order valence-corrected chi connectivity index (χ0v) is 19.6. The first-order valence-electron chi connectivity index (χ1n) is 10.8. The van der Waals surface area contributed by atoms with Gasteiger partial charge in [0, 0.05) is 31.5 Å². The minimum atomic E-state index is -1.14. The maximum absolute atomic E-state index is 12.0. The molecule has 1 amide bonds. The smallest absolute Gasteiger partial charge is 0.312 e. The Morgan fingerprint density at radius 2 is 1.88 bits per heavy atom. The number of aryl methyl sites for hydroxylation is 1. The second-order valence-corrected chi connectivity index (χ2v) is 9.14. The number of hydrogen-bond donors (Lipinski definition) is 4. The number of rotatable bonds is 5. The Bertz CT molecular complexity index is 1130. The average molecular weight is 472 g/mol. The van der Waals surface area contributed by atoms with Crippen LogP contribution >= 0.6 is 0 Å². The lowest BCUT2D eigenvalue weighted by Crippen LogP contribution is -2.39. The maximum Gasteiger partial charge on any atom is 0.312 e. The summed E-state index contributed by atoms with van der Waals surface area (Å²) in [4.78, 5) is 37.4. The summed E-state index contributed by atoms with van der Waals surface area (Å²) in [5.41, 5.74) is 5.66. The molecule has 0 atom stereocenters. The number of nitrogens with two attached hydrogens (primary N) is 1. The topological polar surface area (TPSA) is 197 Å². The van der Waals surface area contributed by atoms with Gasteiger partial charge in [0.05, 0.1) is 6.20 Å². The summed E-state index contributed by atoms with van der Waals surface area (Å²) >= 11 is 0. The second kappa shape index (κ2) is 9.53. The molecule has 34 heavy (non-hydrogen) atoms. The molecular formula is C21H29N9O4. The molecule has 182 valence electrons. The van der Waals surface area contributed by atoms with E-state index in [0.717, 1.165) is 0 Å². The van der Waals surface area contributed by atoms with E-state index in [0.29, 0.717) is 43.3 Å². The van der Waals surface area contributed by atoms with Gasteiger partial charge in [-0.25, -0.2) is 19.6 Å². The Morgan fingerprint density at radius 1 is 1.24 bits per heavy atom. The number of ether oxygens (including phenoxy) is 1. The Kier molecular flexibility index (Phi) is 6.93. The van der Waals surface area contributed by atoms with E-state index in [1.807, 2.05) is 0 Å². The third kappa shape index (κ3) is 5.53. The van der Waals surface area contributed by atoms with Crippen LogP contribution in [0.4, 0.5) is 5.82 Å². The van der Waals surface area contributed by atoms with Gasteiger partial charge in [-0.3, -0.25) is 20.4 Å². The van der Waals surface area contributed by atoms with Crippen LogP contribution in [0.2, 0.25) is 0 Å². The fraction of sp³-hybridized carbons (Fsp3) is 0.524. The summed E-state index contributed by atoms with van der Waals surface area (Å²) in [6.45, 7) is 6.25. The van der Waals surface area contributed by atoms with Gasteiger partial charge in [-0.1, -0.05) is 20.8 Å². The standard InChI is InChI=1S/C21H29N9O4/c1-21(2,3)20(24)34-17(23)15-16(22)25-10-12(26-15)19-27-18(28-29(19)4)11-5-7-30(8-6-11)13(31)9-14(32)33/h10-11,23-24H,5-9H2,1-4H3,(H2,22,25)(H,32,33). The quantitative estimate of drug-likeness (QED) is 0.283. The molecular weight excluding hydrogens is 442 g/mol. The second-order valence-electron chi connectivity index (χ2n) is 9.14. The van der Waals surface area contributed by atoms with E-state index >= 15 is 0 Å². The number of nitrogens with one attached hydrogen (secondary N) is 2. The summed E-state index contributed by atoms with van der Waals surface area (Å²) in [6.07, 6.45) is 2.15.